The van der Waals surface area contributed by atoms with Crippen molar-refractivity contribution in [2.45, 2.75) is 91.4 Å². The summed E-state index contributed by atoms with van der Waals surface area (Å²) in [6, 6.07) is 0. The molecule has 3 fully saturated rings. The molecule has 4 aliphatic rings. The third-order valence-electron chi connectivity index (χ3n) is 9.59. The van der Waals surface area contributed by atoms with Crippen LogP contribution in [0.25, 0.3) is 0 Å². The SMILES string of the molecule is C[C@H](CCC(=O)O)[C@H]1CCC2C3CC=C4CCCC[C@]4(C)C3CC[C@@]21C. The summed E-state index contributed by atoms with van der Waals surface area (Å²) in [7, 11) is 0. The third kappa shape index (κ3) is 2.78. The zero-order chi connectivity index (χ0) is 18.5. The van der Waals surface area contributed by atoms with Crippen LogP contribution in [0.3, 0.4) is 0 Å². The Balaban J connectivity index is 1.54. The monoisotopic (exact) mass is 358 g/mol. The lowest BCUT2D eigenvalue weighted by atomic mass is 9.47. The van der Waals surface area contributed by atoms with Crippen LogP contribution in [0, 0.1) is 40.4 Å². The number of hydrogen-bond donors (Lipinski definition) is 1. The molecule has 7 atom stereocenters. The summed E-state index contributed by atoms with van der Waals surface area (Å²) >= 11 is 0. The van der Waals surface area contributed by atoms with Crippen LogP contribution in [0.4, 0.5) is 0 Å². The zero-order valence-corrected chi connectivity index (χ0v) is 17.1. The minimum Gasteiger partial charge on any atom is -0.481 e. The molecule has 3 saturated carbocycles. The first kappa shape index (κ1) is 18.6. The van der Waals surface area contributed by atoms with Crippen LogP contribution in [-0.2, 0) is 4.79 Å². The van der Waals surface area contributed by atoms with Gasteiger partial charge in [-0.25, -0.2) is 0 Å². The van der Waals surface area contributed by atoms with Gasteiger partial charge in [0.2, 0.25) is 0 Å². The predicted octanol–water partition coefficient (Wildman–Crippen LogP) is 6.46. The molecular formula is C24H38O2. The lowest BCUT2D eigenvalue weighted by Crippen LogP contribution is -2.50. The highest BCUT2D eigenvalue weighted by Gasteiger charge is 2.58. The Kier molecular flexibility index (Phi) is 4.77. The summed E-state index contributed by atoms with van der Waals surface area (Å²) in [5.41, 5.74) is 2.75. The lowest BCUT2D eigenvalue weighted by Gasteiger charge is -2.58. The average molecular weight is 359 g/mol. The normalized spacial score (nSPS) is 45.9. The Hall–Kier alpha value is -0.790. The summed E-state index contributed by atoms with van der Waals surface area (Å²) in [6.07, 6.45) is 16.3. The standard InChI is InChI=1S/C24H38O2/c1-16(7-12-22(25)26)19-10-11-20-18-9-8-17-6-4-5-14-23(17,2)21(18)13-15-24(19,20)3/h8,16,18-21H,4-7,9-15H2,1-3H3,(H,25,26)/t16-,18?,19-,20?,21?,23+,24-/m1/s1. The van der Waals surface area contributed by atoms with E-state index in [1.54, 1.807) is 5.57 Å². The maximum atomic E-state index is 11.0. The Morgan fingerprint density at radius 1 is 1.19 bits per heavy atom. The minimum absolute atomic E-state index is 0.342. The zero-order valence-electron chi connectivity index (χ0n) is 17.1. The second-order valence-corrected chi connectivity index (χ2v) is 10.6. The van der Waals surface area contributed by atoms with Crippen LogP contribution >= 0.6 is 0 Å². The van der Waals surface area contributed by atoms with E-state index in [0.29, 0.717) is 23.2 Å². The maximum absolute atomic E-state index is 11.0. The van der Waals surface area contributed by atoms with Crippen LogP contribution in [-0.4, -0.2) is 11.1 Å². The highest BCUT2D eigenvalue weighted by molar-refractivity contribution is 5.66. The van der Waals surface area contributed by atoms with Crippen LogP contribution in [0.2, 0.25) is 0 Å². The molecule has 0 aromatic carbocycles. The van der Waals surface area contributed by atoms with Gasteiger partial charge in [0.15, 0.2) is 0 Å². The molecule has 0 amide bonds. The van der Waals surface area contributed by atoms with Crippen molar-refractivity contribution in [3.63, 3.8) is 0 Å². The number of rotatable bonds is 4. The van der Waals surface area contributed by atoms with Gasteiger partial charge < -0.3 is 5.11 Å². The molecule has 0 aliphatic heterocycles. The first-order chi connectivity index (χ1) is 12.4. The highest BCUT2D eigenvalue weighted by atomic mass is 16.4. The molecule has 0 aromatic rings. The highest BCUT2D eigenvalue weighted by Crippen LogP contribution is 2.67. The van der Waals surface area contributed by atoms with Crippen LogP contribution in [0.5, 0.6) is 0 Å². The first-order valence-electron chi connectivity index (χ1n) is 11.3. The van der Waals surface area contributed by atoms with Gasteiger partial charge in [0.05, 0.1) is 0 Å². The number of hydrogen-bond acceptors (Lipinski definition) is 1. The molecule has 4 rings (SSSR count). The van der Waals surface area contributed by atoms with E-state index in [0.717, 1.165) is 30.1 Å². The molecule has 2 heteroatoms. The van der Waals surface area contributed by atoms with Crippen LogP contribution in [0.15, 0.2) is 11.6 Å². The first-order valence-corrected chi connectivity index (χ1v) is 11.3. The van der Waals surface area contributed by atoms with Crippen molar-refractivity contribution >= 4 is 5.97 Å². The molecule has 0 radical (unpaired) electrons. The van der Waals surface area contributed by atoms with Gasteiger partial charge >= 0.3 is 5.97 Å². The summed E-state index contributed by atoms with van der Waals surface area (Å²) in [4.78, 5) is 11.0. The van der Waals surface area contributed by atoms with Crippen LogP contribution < -0.4 is 0 Å². The van der Waals surface area contributed by atoms with Crippen molar-refractivity contribution in [1.29, 1.82) is 0 Å². The number of aliphatic carboxylic acids is 1. The Bertz CT molecular complexity index is 593. The maximum Gasteiger partial charge on any atom is 0.303 e. The number of allylic oxidation sites excluding steroid dienone is 2. The fraction of sp³-hybridized carbons (Fsp3) is 0.875. The molecule has 3 unspecified atom stereocenters. The number of carboxylic acids is 1. The second-order valence-electron chi connectivity index (χ2n) is 10.6. The van der Waals surface area contributed by atoms with Crippen molar-refractivity contribution in [2.75, 3.05) is 0 Å². The molecule has 146 valence electrons. The van der Waals surface area contributed by atoms with E-state index in [1.165, 1.54) is 57.8 Å². The van der Waals surface area contributed by atoms with E-state index < -0.39 is 5.97 Å². The van der Waals surface area contributed by atoms with E-state index in [2.05, 4.69) is 26.8 Å². The summed E-state index contributed by atoms with van der Waals surface area (Å²) in [6.45, 7) is 7.50. The molecule has 1 N–H and O–H groups in total. The molecule has 0 heterocycles. The Morgan fingerprint density at radius 2 is 2.00 bits per heavy atom. The topological polar surface area (TPSA) is 37.3 Å². The number of fused-ring (bicyclic) bond motifs is 5. The van der Waals surface area contributed by atoms with Gasteiger partial charge in [0.25, 0.3) is 0 Å². The van der Waals surface area contributed by atoms with Gasteiger partial charge in [-0.3, -0.25) is 4.79 Å². The van der Waals surface area contributed by atoms with E-state index in [1.807, 2.05) is 0 Å². The smallest absolute Gasteiger partial charge is 0.303 e. The predicted molar refractivity (Wildman–Crippen MR) is 106 cm³/mol. The quantitative estimate of drug-likeness (QED) is 0.586. The van der Waals surface area contributed by atoms with E-state index in [9.17, 15) is 4.79 Å². The second kappa shape index (κ2) is 6.67. The minimum atomic E-state index is -0.629. The fourth-order valence-electron chi connectivity index (χ4n) is 8.23. The molecule has 2 nitrogen and oxygen atoms in total. The third-order valence-corrected chi connectivity index (χ3v) is 9.59. The molecule has 4 aliphatic carbocycles. The van der Waals surface area contributed by atoms with Gasteiger partial charge in [-0.2, -0.15) is 0 Å². The summed E-state index contributed by atoms with van der Waals surface area (Å²) < 4.78 is 0. The Morgan fingerprint density at radius 3 is 2.77 bits per heavy atom. The number of carbonyl (C=O) groups is 1. The number of carboxylic acid groups (broad SMARTS) is 1. The fourth-order valence-corrected chi connectivity index (χ4v) is 8.23. The molecule has 0 aromatic heterocycles. The molecular weight excluding hydrogens is 320 g/mol. The van der Waals surface area contributed by atoms with E-state index in [4.69, 9.17) is 5.11 Å². The van der Waals surface area contributed by atoms with Crippen molar-refractivity contribution in [3.05, 3.63) is 11.6 Å². The van der Waals surface area contributed by atoms with Gasteiger partial charge in [-0.1, -0.05) is 38.8 Å². The van der Waals surface area contributed by atoms with Crippen molar-refractivity contribution in [3.8, 4) is 0 Å². The lowest BCUT2D eigenvalue weighted by molar-refractivity contribution is -0.137. The van der Waals surface area contributed by atoms with Gasteiger partial charge in [-0.05, 0) is 98.2 Å². The van der Waals surface area contributed by atoms with Gasteiger partial charge in [0.1, 0.15) is 0 Å². The molecule has 0 bridgehead atoms. The van der Waals surface area contributed by atoms with Crippen LogP contribution in [0.1, 0.15) is 91.4 Å². The van der Waals surface area contributed by atoms with Gasteiger partial charge in [-0.15, -0.1) is 0 Å². The molecule has 26 heavy (non-hydrogen) atoms. The van der Waals surface area contributed by atoms with Crippen molar-refractivity contribution in [1.82, 2.24) is 0 Å². The average Bonchev–Trinajstić information content (AvgIpc) is 2.96. The summed E-state index contributed by atoms with van der Waals surface area (Å²) in [5.74, 6) is 3.33. The summed E-state index contributed by atoms with van der Waals surface area (Å²) in [5, 5.41) is 9.09. The van der Waals surface area contributed by atoms with E-state index >= 15 is 0 Å². The van der Waals surface area contributed by atoms with Crippen molar-refractivity contribution in [2.24, 2.45) is 40.4 Å². The molecule has 0 saturated heterocycles. The Labute approximate surface area is 159 Å². The van der Waals surface area contributed by atoms with Gasteiger partial charge in [0, 0.05) is 6.42 Å². The molecule has 0 spiro atoms. The van der Waals surface area contributed by atoms with E-state index in [-0.39, 0.29) is 0 Å². The van der Waals surface area contributed by atoms with Crippen molar-refractivity contribution < 1.29 is 9.90 Å². The largest absolute Gasteiger partial charge is 0.481 e.